The van der Waals surface area contributed by atoms with Crippen LogP contribution in [0.15, 0.2) is 22.7 Å². The van der Waals surface area contributed by atoms with Crippen LogP contribution in [0.1, 0.15) is 10.4 Å². The Kier molecular flexibility index (Phi) is 4.27. The van der Waals surface area contributed by atoms with Crippen molar-refractivity contribution >= 4 is 27.8 Å². The molecule has 6 nitrogen and oxygen atoms in total. The predicted molar refractivity (Wildman–Crippen MR) is 56.9 cm³/mol. The molecule has 0 bridgehead atoms. The summed E-state index contributed by atoms with van der Waals surface area (Å²) in [6.45, 7) is -0.631. The summed E-state index contributed by atoms with van der Waals surface area (Å²) < 4.78 is 0.454. The molecule has 0 aliphatic rings. The monoisotopic (exact) mass is 289 g/mol. The summed E-state index contributed by atoms with van der Waals surface area (Å²) in [6, 6.07) is 4.16. The number of halogens is 1. The third-order valence-electron chi connectivity index (χ3n) is 1.57. The van der Waals surface area contributed by atoms with Crippen LogP contribution in [-0.4, -0.2) is 28.7 Å². The third kappa shape index (κ3) is 3.52. The molecule has 0 fully saturated rings. The fourth-order valence-corrected chi connectivity index (χ4v) is 1.12. The lowest BCUT2D eigenvalue weighted by Gasteiger charge is -2.04. The highest BCUT2D eigenvalue weighted by atomic mass is 79.9. The van der Waals surface area contributed by atoms with Gasteiger partial charge < -0.3 is 10.2 Å². The smallest absolute Gasteiger partial charge is 0.332 e. The van der Waals surface area contributed by atoms with E-state index in [1.165, 1.54) is 18.2 Å². The van der Waals surface area contributed by atoms with E-state index < -0.39 is 18.5 Å². The number of aromatic hydroxyl groups is 1. The maximum atomic E-state index is 11.3. The Morgan fingerprint density at radius 3 is 2.69 bits per heavy atom. The van der Waals surface area contributed by atoms with E-state index in [1.807, 2.05) is 5.48 Å². The van der Waals surface area contributed by atoms with E-state index in [9.17, 15) is 14.7 Å². The molecule has 0 aliphatic heterocycles. The van der Waals surface area contributed by atoms with Crippen molar-refractivity contribution in [3.8, 4) is 5.75 Å². The Morgan fingerprint density at radius 1 is 1.44 bits per heavy atom. The van der Waals surface area contributed by atoms with E-state index >= 15 is 0 Å². The minimum atomic E-state index is -1.20. The Balaban J connectivity index is 2.59. The number of carboxylic acids is 1. The van der Waals surface area contributed by atoms with Crippen LogP contribution in [0.3, 0.4) is 0 Å². The first kappa shape index (κ1) is 12.5. The van der Waals surface area contributed by atoms with Gasteiger partial charge in [0.05, 0.1) is 4.47 Å². The van der Waals surface area contributed by atoms with E-state index in [-0.39, 0.29) is 11.3 Å². The summed E-state index contributed by atoms with van der Waals surface area (Å²) in [4.78, 5) is 25.8. The van der Waals surface area contributed by atoms with Crippen molar-refractivity contribution in [1.82, 2.24) is 5.48 Å². The topological polar surface area (TPSA) is 95.9 Å². The summed E-state index contributed by atoms with van der Waals surface area (Å²) in [7, 11) is 0. The number of phenols is 1. The number of phenolic OH excluding ortho intramolecular Hbond substituents is 1. The molecular weight excluding hydrogens is 282 g/mol. The zero-order chi connectivity index (χ0) is 12.1. The van der Waals surface area contributed by atoms with Crippen LogP contribution >= 0.6 is 15.9 Å². The molecule has 0 unspecified atom stereocenters. The van der Waals surface area contributed by atoms with Crippen molar-refractivity contribution in [2.75, 3.05) is 6.61 Å². The molecule has 0 heterocycles. The van der Waals surface area contributed by atoms with Crippen LogP contribution in [0.5, 0.6) is 5.75 Å². The van der Waals surface area contributed by atoms with Crippen LogP contribution in [0.2, 0.25) is 0 Å². The summed E-state index contributed by atoms with van der Waals surface area (Å²) in [5.41, 5.74) is 2.09. The van der Waals surface area contributed by atoms with Gasteiger partial charge >= 0.3 is 5.97 Å². The number of hydrogen-bond acceptors (Lipinski definition) is 4. The lowest BCUT2D eigenvalue weighted by Crippen LogP contribution is -2.26. The molecule has 1 amide bonds. The first-order valence-electron chi connectivity index (χ1n) is 4.13. The first-order chi connectivity index (χ1) is 7.50. The van der Waals surface area contributed by atoms with Crippen LogP contribution in [-0.2, 0) is 9.63 Å². The van der Waals surface area contributed by atoms with Crippen molar-refractivity contribution in [3.63, 3.8) is 0 Å². The van der Waals surface area contributed by atoms with E-state index in [4.69, 9.17) is 5.11 Å². The molecule has 0 atom stereocenters. The van der Waals surface area contributed by atoms with Crippen molar-refractivity contribution < 1.29 is 24.6 Å². The Bertz CT molecular complexity index is 420. The molecule has 0 spiro atoms. The van der Waals surface area contributed by atoms with Gasteiger partial charge in [-0.05, 0) is 34.1 Å². The second-order valence-corrected chi connectivity index (χ2v) is 3.63. The zero-order valence-corrected chi connectivity index (χ0v) is 9.52. The van der Waals surface area contributed by atoms with Crippen molar-refractivity contribution in [2.24, 2.45) is 0 Å². The third-order valence-corrected chi connectivity index (χ3v) is 2.24. The van der Waals surface area contributed by atoms with E-state index in [1.54, 1.807) is 0 Å². The molecular formula is C9H8BrNO5. The lowest BCUT2D eigenvalue weighted by molar-refractivity contribution is -0.144. The molecule has 86 valence electrons. The molecule has 7 heteroatoms. The highest BCUT2D eigenvalue weighted by Gasteiger charge is 2.08. The highest BCUT2D eigenvalue weighted by molar-refractivity contribution is 9.10. The van der Waals surface area contributed by atoms with Gasteiger partial charge in [0, 0.05) is 5.56 Å². The second kappa shape index (κ2) is 5.47. The van der Waals surface area contributed by atoms with Gasteiger partial charge in [0.2, 0.25) is 0 Å². The number of aliphatic carboxylic acids is 1. The number of amides is 1. The van der Waals surface area contributed by atoms with Gasteiger partial charge in [0.15, 0.2) is 6.61 Å². The zero-order valence-electron chi connectivity index (χ0n) is 7.94. The molecule has 1 rings (SSSR count). The number of carbonyl (C=O) groups excluding carboxylic acids is 1. The SMILES string of the molecule is O=C(O)CONC(=O)c1ccc(Br)c(O)c1. The Hall–Kier alpha value is -1.60. The Morgan fingerprint density at radius 2 is 2.12 bits per heavy atom. The predicted octanol–water partition coefficient (Wildman–Crippen LogP) is 0.901. The van der Waals surface area contributed by atoms with Crippen LogP contribution in [0, 0.1) is 0 Å². The van der Waals surface area contributed by atoms with Crippen molar-refractivity contribution in [1.29, 1.82) is 0 Å². The number of hydroxylamine groups is 1. The lowest BCUT2D eigenvalue weighted by atomic mass is 10.2. The molecule has 0 saturated carbocycles. The quantitative estimate of drug-likeness (QED) is 0.716. The molecule has 0 aromatic heterocycles. The number of nitrogens with one attached hydrogen (secondary N) is 1. The number of carboxylic acid groups (broad SMARTS) is 1. The van der Waals surface area contributed by atoms with E-state index in [2.05, 4.69) is 20.8 Å². The summed E-state index contributed by atoms with van der Waals surface area (Å²) >= 11 is 3.06. The number of rotatable bonds is 4. The highest BCUT2D eigenvalue weighted by Crippen LogP contribution is 2.24. The molecule has 0 saturated heterocycles. The first-order valence-corrected chi connectivity index (χ1v) is 4.92. The molecule has 3 N–H and O–H groups in total. The Labute approximate surface area is 98.9 Å². The maximum absolute atomic E-state index is 11.3. The maximum Gasteiger partial charge on any atom is 0.332 e. The normalized spacial score (nSPS) is 9.81. The van der Waals surface area contributed by atoms with Gasteiger partial charge in [-0.15, -0.1) is 0 Å². The van der Waals surface area contributed by atoms with E-state index in [0.29, 0.717) is 4.47 Å². The molecule has 1 aromatic carbocycles. The summed E-state index contributed by atoms with van der Waals surface area (Å²) in [5, 5.41) is 17.6. The van der Waals surface area contributed by atoms with Gasteiger partial charge in [0.25, 0.3) is 5.91 Å². The largest absolute Gasteiger partial charge is 0.507 e. The van der Waals surface area contributed by atoms with Gasteiger partial charge in [-0.1, -0.05) is 0 Å². The van der Waals surface area contributed by atoms with Crippen molar-refractivity contribution in [3.05, 3.63) is 28.2 Å². The van der Waals surface area contributed by atoms with Gasteiger partial charge in [-0.2, -0.15) is 0 Å². The van der Waals surface area contributed by atoms with Crippen molar-refractivity contribution in [2.45, 2.75) is 0 Å². The number of benzene rings is 1. The number of hydrogen-bond donors (Lipinski definition) is 3. The molecule has 0 radical (unpaired) electrons. The number of carbonyl (C=O) groups is 2. The fraction of sp³-hybridized carbons (Fsp3) is 0.111. The van der Waals surface area contributed by atoms with E-state index in [0.717, 1.165) is 0 Å². The van der Waals surface area contributed by atoms with Crippen LogP contribution < -0.4 is 5.48 Å². The fourth-order valence-electron chi connectivity index (χ4n) is 0.876. The van der Waals surface area contributed by atoms with Crippen LogP contribution in [0.4, 0.5) is 0 Å². The average molecular weight is 290 g/mol. The summed E-state index contributed by atoms with van der Waals surface area (Å²) in [5.74, 6) is -1.92. The standard InChI is InChI=1S/C9H8BrNO5/c10-6-2-1-5(3-7(6)12)9(15)11-16-4-8(13)14/h1-3,12H,4H2,(H,11,15)(H,13,14). The molecule has 1 aromatic rings. The van der Waals surface area contributed by atoms with Crippen LogP contribution in [0.25, 0.3) is 0 Å². The average Bonchev–Trinajstić information content (AvgIpc) is 2.21. The van der Waals surface area contributed by atoms with Gasteiger partial charge in [0.1, 0.15) is 5.75 Å². The minimum absolute atomic E-state index is 0.0918. The second-order valence-electron chi connectivity index (χ2n) is 2.78. The van der Waals surface area contributed by atoms with Gasteiger partial charge in [-0.25, -0.2) is 10.3 Å². The minimum Gasteiger partial charge on any atom is -0.507 e. The molecule has 0 aliphatic carbocycles. The summed E-state index contributed by atoms with van der Waals surface area (Å²) in [6.07, 6.45) is 0. The van der Waals surface area contributed by atoms with Gasteiger partial charge in [-0.3, -0.25) is 9.63 Å². The molecule has 16 heavy (non-hydrogen) atoms.